The molecular weight excluding hydrogens is 511 g/mol. The van der Waals surface area contributed by atoms with E-state index in [2.05, 4.69) is 44.3 Å². The van der Waals surface area contributed by atoms with Crippen LogP contribution in [0.3, 0.4) is 0 Å². The fourth-order valence-electron chi connectivity index (χ4n) is 2.67. The van der Waals surface area contributed by atoms with Crippen molar-refractivity contribution in [3.63, 3.8) is 0 Å². The van der Waals surface area contributed by atoms with Gasteiger partial charge in [0.1, 0.15) is 6.54 Å². The number of nitrogens with zero attached hydrogens (tertiary/aromatic N) is 5. The number of halogens is 1. The molecule has 166 valence electrons. The standard InChI is InChI=1S/C21H32N6OS.HI/c1-25(2)20(28)17-24-21(27(4)15-11-19-22-13-16-29-19)23-12-8-14-26(3)18-9-6-5-7-10-18;/h5-7,9-10,13,16H,8,11-12,14-15,17H2,1-4H3,(H,23,24);1H. The lowest BCUT2D eigenvalue weighted by molar-refractivity contribution is -0.127. The number of aromatic nitrogens is 1. The van der Waals surface area contributed by atoms with Gasteiger partial charge in [0.25, 0.3) is 0 Å². The number of para-hydroxylation sites is 1. The van der Waals surface area contributed by atoms with E-state index in [4.69, 9.17) is 0 Å². The van der Waals surface area contributed by atoms with E-state index in [1.165, 1.54) is 5.69 Å². The van der Waals surface area contributed by atoms with Crippen molar-refractivity contribution in [1.82, 2.24) is 20.1 Å². The molecule has 30 heavy (non-hydrogen) atoms. The van der Waals surface area contributed by atoms with Crippen LogP contribution in [0.4, 0.5) is 5.69 Å². The maximum Gasteiger partial charge on any atom is 0.243 e. The van der Waals surface area contributed by atoms with Gasteiger partial charge in [-0.05, 0) is 18.6 Å². The number of likely N-dealkylation sites (N-methyl/N-ethyl adjacent to an activating group) is 2. The first kappa shape index (κ1) is 26.2. The Kier molecular flexibility index (Phi) is 12.4. The molecule has 2 aromatic rings. The van der Waals surface area contributed by atoms with Gasteiger partial charge in [0.05, 0.1) is 5.01 Å². The molecule has 1 aromatic heterocycles. The fourth-order valence-corrected chi connectivity index (χ4v) is 3.28. The molecule has 0 saturated heterocycles. The summed E-state index contributed by atoms with van der Waals surface area (Å²) in [6.07, 6.45) is 3.64. The molecule has 0 aliphatic rings. The Bertz CT molecular complexity index is 754. The minimum Gasteiger partial charge on any atom is -0.375 e. The summed E-state index contributed by atoms with van der Waals surface area (Å²) >= 11 is 1.66. The van der Waals surface area contributed by atoms with Gasteiger partial charge in [-0.1, -0.05) is 18.2 Å². The molecule has 0 aliphatic carbocycles. The van der Waals surface area contributed by atoms with E-state index in [0.717, 1.165) is 43.4 Å². The summed E-state index contributed by atoms with van der Waals surface area (Å²) in [5.74, 6) is 0.737. The first-order chi connectivity index (χ1) is 14.0. The van der Waals surface area contributed by atoms with Crippen LogP contribution in [-0.4, -0.2) is 81.0 Å². The van der Waals surface area contributed by atoms with Gasteiger partial charge < -0.3 is 20.0 Å². The van der Waals surface area contributed by atoms with E-state index >= 15 is 0 Å². The lowest BCUT2D eigenvalue weighted by Gasteiger charge is -2.23. The number of hydrogen-bond donors (Lipinski definition) is 1. The molecule has 0 unspecified atom stereocenters. The maximum absolute atomic E-state index is 11.9. The van der Waals surface area contributed by atoms with Crippen molar-refractivity contribution in [2.45, 2.75) is 12.8 Å². The van der Waals surface area contributed by atoms with Gasteiger partial charge >= 0.3 is 0 Å². The lowest BCUT2D eigenvalue weighted by Crippen LogP contribution is -2.41. The number of carbonyl (C=O) groups excluding carboxylic acids is 1. The van der Waals surface area contributed by atoms with E-state index in [1.54, 1.807) is 30.3 Å². The van der Waals surface area contributed by atoms with Crippen molar-refractivity contribution in [3.8, 4) is 0 Å². The predicted octanol–water partition coefficient (Wildman–Crippen LogP) is 2.80. The average Bonchev–Trinajstić information content (AvgIpc) is 3.25. The molecule has 9 heteroatoms. The molecule has 0 aliphatic heterocycles. The highest BCUT2D eigenvalue weighted by Crippen LogP contribution is 2.10. The zero-order valence-electron chi connectivity index (χ0n) is 18.2. The van der Waals surface area contributed by atoms with E-state index in [-0.39, 0.29) is 36.4 Å². The van der Waals surface area contributed by atoms with Crippen molar-refractivity contribution in [3.05, 3.63) is 46.9 Å². The van der Waals surface area contributed by atoms with E-state index < -0.39 is 0 Å². The minimum atomic E-state index is -0.0126. The van der Waals surface area contributed by atoms with Gasteiger partial charge in [-0.25, -0.2) is 9.98 Å². The number of nitrogens with one attached hydrogen (secondary N) is 1. The SMILES string of the molecule is CN(C)C(=O)CN=C(NCCCN(C)c1ccccc1)N(C)CCc1nccs1.I. The Morgan fingerprint density at radius 1 is 1.13 bits per heavy atom. The van der Waals surface area contributed by atoms with Crippen molar-refractivity contribution in [1.29, 1.82) is 0 Å². The fraction of sp³-hybridized carbons (Fsp3) is 0.476. The second kappa shape index (κ2) is 14.2. The second-order valence-corrected chi connectivity index (χ2v) is 8.04. The van der Waals surface area contributed by atoms with Gasteiger partial charge in [0.2, 0.25) is 5.91 Å². The number of hydrogen-bond acceptors (Lipinski definition) is 5. The van der Waals surface area contributed by atoms with Gasteiger partial charge in [0, 0.05) is 71.5 Å². The number of benzene rings is 1. The number of thiazole rings is 1. The van der Waals surface area contributed by atoms with E-state index in [0.29, 0.717) is 0 Å². The molecule has 0 spiro atoms. The van der Waals surface area contributed by atoms with E-state index in [1.807, 2.05) is 36.8 Å². The number of rotatable bonds is 10. The Hall–Kier alpha value is -1.88. The summed E-state index contributed by atoms with van der Waals surface area (Å²) in [5.41, 5.74) is 1.21. The normalized spacial score (nSPS) is 10.9. The average molecular weight is 545 g/mol. The number of guanidine groups is 1. The molecule has 1 aromatic carbocycles. The molecule has 1 amide bonds. The Labute approximate surface area is 201 Å². The lowest BCUT2D eigenvalue weighted by atomic mass is 10.3. The summed E-state index contributed by atoms with van der Waals surface area (Å²) in [6, 6.07) is 10.3. The van der Waals surface area contributed by atoms with Crippen molar-refractivity contribution >= 4 is 52.9 Å². The molecule has 0 bridgehead atoms. The van der Waals surface area contributed by atoms with Crippen LogP contribution >= 0.6 is 35.3 Å². The van der Waals surface area contributed by atoms with Crippen LogP contribution in [0.25, 0.3) is 0 Å². The van der Waals surface area contributed by atoms with Crippen LogP contribution in [-0.2, 0) is 11.2 Å². The number of aliphatic imine (C=N–C) groups is 1. The van der Waals surface area contributed by atoms with Crippen LogP contribution in [0.2, 0.25) is 0 Å². The third kappa shape index (κ3) is 9.29. The predicted molar refractivity (Wildman–Crippen MR) is 137 cm³/mol. The topological polar surface area (TPSA) is 64.1 Å². The van der Waals surface area contributed by atoms with Gasteiger partial charge in [-0.2, -0.15) is 0 Å². The first-order valence-electron chi connectivity index (χ1n) is 9.81. The van der Waals surface area contributed by atoms with Gasteiger partial charge in [-0.3, -0.25) is 4.79 Å². The summed E-state index contributed by atoms with van der Waals surface area (Å²) in [5, 5.41) is 6.50. The van der Waals surface area contributed by atoms with Crippen LogP contribution in [0.1, 0.15) is 11.4 Å². The number of anilines is 1. The molecule has 0 fully saturated rings. The zero-order chi connectivity index (χ0) is 21.1. The molecule has 1 heterocycles. The largest absolute Gasteiger partial charge is 0.375 e. The molecule has 0 saturated carbocycles. The van der Waals surface area contributed by atoms with Crippen LogP contribution < -0.4 is 10.2 Å². The highest BCUT2D eigenvalue weighted by Gasteiger charge is 2.10. The maximum atomic E-state index is 11.9. The van der Waals surface area contributed by atoms with Gasteiger partial charge in [-0.15, -0.1) is 35.3 Å². The highest BCUT2D eigenvalue weighted by molar-refractivity contribution is 14.0. The highest BCUT2D eigenvalue weighted by atomic mass is 127. The van der Waals surface area contributed by atoms with Crippen LogP contribution in [0, 0.1) is 0 Å². The molecule has 7 nitrogen and oxygen atoms in total. The molecule has 2 rings (SSSR count). The smallest absolute Gasteiger partial charge is 0.243 e. The Morgan fingerprint density at radius 3 is 2.50 bits per heavy atom. The Balaban J connectivity index is 0.00000450. The van der Waals surface area contributed by atoms with E-state index in [9.17, 15) is 4.79 Å². The van der Waals surface area contributed by atoms with Crippen LogP contribution in [0.5, 0.6) is 0 Å². The third-order valence-electron chi connectivity index (χ3n) is 4.52. The molecule has 0 radical (unpaired) electrons. The van der Waals surface area contributed by atoms with Crippen LogP contribution in [0.15, 0.2) is 46.9 Å². The quantitative estimate of drug-likeness (QED) is 0.216. The summed E-state index contributed by atoms with van der Waals surface area (Å²) in [6.45, 7) is 2.65. The number of amides is 1. The second-order valence-electron chi connectivity index (χ2n) is 7.06. The number of carbonyl (C=O) groups is 1. The monoisotopic (exact) mass is 544 g/mol. The van der Waals surface area contributed by atoms with Crippen molar-refractivity contribution in [2.75, 3.05) is 59.3 Å². The minimum absolute atomic E-state index is 0. The zero-order valence-corrected chi connectivity index (χ0v) is 21.4. The Morgan fingerprint density at radius 2 is 1.87 bits per heavy atom. The summed E-state index contributed by atoms with van der Waals surface area (Å²) in [4.78, 5) is 26.7. The molecule has 0 atom stereocenters. The van der Waals surface area contributed by atoms with Gasteiger partial charge in [0.15, 0.2) is 5.96 Å². The molecule has 1 N–H and O–H groups in total. The third-order valence-corrected chi connectivity index (χ3v) is 5.36. The summed E-state index contributed by atoms with van der Waals surface area (Å²) < 4.78 is 0. The molecular formula is C21H33IN6OS. The van der Waals surface area contributed by atoms with Crippen molar-refractivity contribution < 1.29 is 4.79 Å². The van der Waals surface area contributed by atoms with Crippen molar-refractivity contribution in [2.24, 2.45) is 4.99 Å². The first-order valence-corrected chi connectivity index (χ1v) is 10.7. The summed E-state index contributed by atoms with van der Waals surface area (Å²) in [7, 11) is 7.59.